The summed E-state index contributed by atoms with van der Waals surface area (Å²) in [5.74, 6) is 1.43. The molecule has 2 aliphatic rings. The van der Waals surface area contributed by atoms with Crippen molar-refractivity contribution >= 4 is 11.7 Å². The van der Waals surface area contributed by atoms with E-state index in [0.29, 0.717) is 19.1 Å². The second kappa shape index (κ2) is 6.43. The summed E-state index contributed by atoms with van der Waals surface area (Å²) in [5, 5.41) is 11.7. The number of nitrogens with one attached hydrogen (secondary N) is 1. The summed E-state index contributed by atoms with van der Waals surface area (Å²) in [5.41, 5.74) is 1.03. The van der Waals surface area contributed by atoms with E-state index in [4.69, 9.17) is 4.74 Å². The second-order valence-electron chi connectivity index (χ2n) is 7.54. The van der Waals surface area contributed by atoms with E-state index in [0.717, 1.165) is 37.4 Å². The number of hydrogen-bond donors (Lipinski definition) is 1. The third kappa shape index (κ3) is 3.80. The lowest BCUT2D eigenvalue weighted by Crippen LogP contribution is -2.52. The topological polar surface area (TPSA) is 67.4 Å². The van der Waals surface area contributed by atoms with E-state index in [1.807, 2.05) is 6.07 Å². The van der Waals surface area contributed by atoms with Gasteiger partial charge in [-0.25, -0.2) is 0 Å². The Kier molecular flexibility index (Phi) is 4.53. The van der Waals surface area contributed by atoms with E-state index in [1.165, 1.54) is 0 Å². The molecule has 23 heavy (non-hydrogen) atoms. The van der Waals surface area contributed by atoms with E-state index in [1.54, 1.807) is 0 Å². The van der Waals surface area contributed by atoms with Gasteiger partial charge in [-0.15, -0.1) is 5.10 Å². The minimum atomic E-state index is -0.234. The maximum absolute atomic E-state index is 11.9. The molecule has 0 aliphatic carbocycles. The molecule has 1 aromatic rings. The van der Waals surface area contributed by atoms with Crippen LogP contribution in [0.5, 0.6) is 0 Å². The van der Waals surface area contributed by atoms with Gasteiger partial charge in [0.25, 0.3) is 0 Å². The SMILES string of the molecule is CC(C)(C)c1ccc(N2CC(CNC(=O)C3CCCO3)C2)nn1. The van der Waals surface area contributed by atoms with Crippen molar-refractivity contribution in [1.82, 2.24) is 15.5 Å². The van der Waals surface area contributed by atoms with Crippen molar-refractivity contribution in [3.63, 3.8) is 0 Å². The third-order valence-electron chi connectivity index (χ3n) is 4.49. The Morgan fingerprint density at radius 2 is 2.13 bits per heavy atom. The van der Waals surface area contributed by atoms with Crippen LogP contribution in [0.3, 0.4) is 0 Å². The molecule has 0 saturated carbocycles. The number of carbonyl (C=O) groups is 1. The van der Waals surface area contributed by atoms with Crippen LogP contribution in [0.25, 0.3) is 0 Å². The number of hydrogen-bond acceptors (Lipinski definition) is 5. The molecule has 6 nitrogen and oxygen atoms in total. The number of carbonyl (C=O) groups excluding carboxylic acids is 1. The van der Waals surface area contributed by atoms with Gasteiger partial charge >= 0.3 is 0 Å². The maximum atomic E-state index is 11.9. The highest BCUT2D eigenvalue weighted by atomic mass is 16.5. The molecular weight excluding hydrogens is 292 g/mol. The van der Waals surface area contributed by atoms with Crippen molar-refractivity contribution in [2.45, 2.75) is 45.1 Å². The van der Waals surface area contributed by atoms with Crippen LogP contribution < -0.4 is 10.2 Å². The number of rotatable bonds is 4. The zero-order valence-corrected chi connectivity index (χ0v) is 14.2. The molecule has 3 heterocycles. The summed E-state index contributed by atoms with van der Waals surface area (Å²) in [7, 11) is 0. The average Bonchev–Trinajstić information content (AvgIpc) is 2.99. The molecule has 1 aromatic heterocycles. The first kappa shape index (κ1) is 16.2. The predicted octanol–water partition coefficient (Wildman–Crippen LogP) is 1.51. The summed E-state index contributed by atoms with van der Waals surface area (Å²) in [6, 6.07) is 4.09. The fourth-order valence-corrected chi connectivity index (χ4v) is 2.92. The van der Waals surface area contributed by atoms with E-state index in [2.05, 4.69) is 47.3 Å². The molecule has 1 unspecified atom stereocenters. The van der Waals surface area contributed by atoms with Gasteiger partial charge in [0.1, 0.15) is 6.10 Å². The molecule has 2 saturated heterocycles. The molecule has 1 amide bonds. The van der Waals surface area contributed by atoms with E-state index < -0.39 is 0 Å². The Morgan fingerprint density at radius 3 is 2.70 bits per heavy atom. The lowest BCUT2D eigenvalue weighted by molar-refractivity contribution is -0.130. The fraction of sp³-hybridized carbons (Fsp3) is 0.706. The lowest BCUT2D eigenvalue weighted by atomic mass is 9.92. The fourth-order valence-electron chi connectivity index (χ4n) is 2.92. The van der Waals surface area contributed by atoms with Gasteiger partial charge < -0.3 is 15.0 Å². The minimum Gasteiger partial charge on any atom is -0.368 e. The molecule has 2 aliphatic heterocycles. The molecular formula is C17H26N4O2. The molecule has 1 N–H and O–H groups in total. The van der Waals surface area contributed by atoms with Gasteiger partial charge in [0.2, 0.25) is 5.91 Å². The van der Waals surface area contributed by atoms with Crippen molar-refractivity contribution in [3.8, 4) is 0 Å². The first-order valence-corrected chi connectivity index (χ1v) is 8.42. The summed E-state index contributed by atoms with van der Waals surface area (Å²) in [4.78, 5) is 14.1. The molecule has 0 aromatic carbocycles. The number of anilines is 1. The lowest BCUT2D eigenvalue weighted by Gasteiger charge is -2.40. The van der Waals surface area contributed by atoms with Gasteiger partial charge in [-0.2, -0.15) is 5.10 Å². The number of ether oxygens (including phenoxy) is 1. The molecule has 2 fully saturated rings. The summed E-state index contributed by atoms with van der Waals surface area (Å²) in [6.07, 6.45) is 1.60. The highest BCUT2D eigenvalue weighted by Crippen LogP contribution is 2.24. The Hall–Kier alpha value is -1.69. The van der Waals surface area contributed by atoms with E-state index >= 15 is 0 Å². The molecule has 0 spiro atoms. The standard InChI is InChI=1S/C17H26N4O2/c1-17(2,3)14-6-7-15(20-19-14)21-10-12(11-21)9-18-16(22)13-5-4-8-23-13/h6-7,12-13H,4-5,8-11H2,1-3H3,(H,18,22). The number of nitrogens with zero attached hydrogens (tertiary/aromatic N) is 3. The van der Waals surface area contributed by atoms with Crippen LogP contribution in [0.2, 0.25) is 0 Å². The quantitative estimate of drug-likeness (QED) is 0.911. The minimum absolute atomic E-state index is 0.0234. The molecule has 6 heteroatoms. The Balaban J connectivity index is 1.43. The van der Waals surface area contributed by atoms with Gasteiger partial charge in [0, 0.05) is 37.6 Å². The molecule has 1 atom stereocenters. The number of aromatic nitrogens is 2. The van der Waals surface area contributed by atoms with Crippen LogP contribution in [-0.2, 0) is 14.9 Å². The summed E-state index contributed by atoms with van der Waals surface area (Å²) in [6.45, 7) is 9.64. The van der Waals surface area contributed by atoms with Crippen LogP contribution in [-0.4, -0.2) is 48.4 Å². The van der Waals surface area contributed by atoms with Gasteiger partial charge in [0.15, 0.2) is 5.82 Å². The van der Waals surface area contributed by atoms with Crippen LogP contribution in [0.1, 0.15) is 39.3 Å². The summed E-state index contributed by atoms with van der Waals surface area (Å²) < 4.78 is 5.39. The van der Waals surface area contributed by atoms with Crippen LogP contribution in [0, 0.1) is 5.92 Å². The van der Waals surface area contributed by atoms with E-state index in [9.17, 15) is 4.79 Å². The monoisotopic (exact) mass is 318 g/mol. The smallest absolute Gasteiger partial charge is 0.249 e. The van der Waals surface area contributed by atoms with E-state index in [-0.39, 0.29) is 17.4 Å². The number of amides is 1. The Morgan fingerprint density at radius 1 is 1.35 bits per heavy atom. The van der Waals surface area contributed by atoms with Crippen molar-refractivity contribution in [1.29, 1.82) is 0 Å². The van der Waals surface area contributed by atoms with Crippen LogP contribution in [0.4, 0.5) is 5.82 Å². The zero-order chi connectivity index (χ0) is 16.4. The molecule has 0 bridgehead atoms. The molecule has 3 rings (SSSR count). The first-order chi connectivity index (χ1) is 10.9. The zero-order valence-electron chi connectivity index (χ0n) is 14.2. The third-order valence-corrected chi connectivity index (χ3v) is 4.49. The van der Waals surface area contributed by atoms with Crippen molar-refractivity contribution < 1.29 is 9.53 Å². The van der Waals surface area contributed by atoms with Gasteiger partial charge in [-0.05, 0) is 25.0 Å². The van der Waals surface area contributed by atoms with Gasteiger partial charge in [-0.1, -0.05) is 20.8 Å². The Labute approximate surface area is 137 Å². The normalized spacial score (nSPS) is 22.0. The highest BCUT2D eigenvalue weighted by Gasteiger charge is 2.30. The second-order valence-corrected chi connectivity index (χ2v) is 7.54. The van der Waals surface area contributed by atoms with Gasteiger partial charge in [-0.3, -0.25) is 4.79 Å². The summed E-state index contributed by atoms with van der Waals surface area (Å²) >= 11 is 0. The van der Waals surface area contributed by atoms with Gasteiger partial charge in [0.05, 0.1) is 5.69 Å². The highest BCUT2D eigenvalue weighted by molar-refractivity contribution is 5.80. The average molecular weight is 318 g/mol. The predicted molar refractivity (Wildman–Crippen MR) is 88.4 cm³/mol. The first-order valence-electron chi connectivity index (χ1n) is 8.42. The van der Waals surface area contributed by atoms with Crippen molar-refractivity contribution in [3.05, 3.63) is 17.8 Å². The maximum Gasteiger partial charge on any atom is 0.249 e. The molecule has 126 valence electrons. The van der Waals surface area contributed by atoms with Crippen molar-refractivity contribution in [2.75, 3.05) is 31.1 Å². The van der Waals surface area contributed by atoms with Crippen LogP contribution >= 0.6 is 0 Å². The molecule has 0 radical (unpaired) electrons. The Bertz CT molecular complexity index is 541. The van der Waals surface area contributed by atoms with Crippen molar-refractivity contribution in [2.24, 2.45) is 5.92 Å². The van der Waals surface area contributed by atoms with Crippen LogP contribution in [0.15, 0.2) is 12.1 Å². The largest absolute Gasteiger partial charge is 0.368 e.